The van der Waals surface area contributed by atoms with E-state index in [1.165, 1.54) is 11.1 Å². The molecule has 0 fully saturated rings. The second-order valence-electron chi connectivity index (χ2n) is 4.80. The molecule has 0 amide bonds. The number of Topliss-reactive ketones (excluding diaryl/α,β-unsaturated/α-hetero) is 1. The van der Waals surface area contributed by atoms with Gasteiger partial charge in [-0.2, -0.15) is 0 Å². The van der Waals surface area contributed by atoms with Crippen LogP contribution in [0.25, 0.3) is 0 Å². The van der Waals surface area contributed by atoms with Crippen molar-refractivity contribution in [3.63, 3.8) is 0 Å². The molecule has 0 bridgehead atoms. The topological polar surface area (TPSA) is 26.3 Å². The Hall–Kier alpha value is -2.09. The van der Waals surface area contributed by atoms with Gasteiger partial charge in [0, 0.05) is 6.42 Å². The van der Waals surface area contributed by atoms with Crippen LogP contribution in [0.4, 0.5) is 0 Å². The van der Waals surface area contributed by atoms with Crippen molar-refractivity contribution in [3.8, 4) is 5.75 Å². The van der Waals surface area contributed by atoms with Crippen LogP contribution in [0.2, 0.25) is 0 Å². The highest BCUT2D eigenvalue weighted by Crippen LogP contribution is 2.20. The van der Waals surface area contributed by atoms with Gasteiger partial charge in [0.25, 0.3) is 0 Å². The van der Waals surface area contributed by atoms with Crippen LogP contribution < -0.4 is 4.74 Å². The summed E-state index contributed by atoms with van der Waals surface area (Å²) in [7, 11) is 1.59. The van der Waals surface area contributed by atoms with Gasteiger partial charge in [-0.15, -0.1) is 0 Å². The highest BCUT2D eigenvalue weighted by atomic mass is 16.5. The molecule has 0 radical (unpaired) electrons. The molecule has 0 spiro atoms. The minimum absolute atomic E-state index is 0.0856. The van der Waals surface area contributed by atoms with Crippen molar-refractivity contribution in [2.45, 2.75) is 20.3 Å². The monoisotopic (exact) mass is 254 g/mol. The summed E-state index contributed by atoms with van der Waals surface area (Å²) >= 11 is 0. The number of ketones is 1. The van der Waals surface area contributed by atoms with Gasteiger partial charge in [-0.3, -0.25) is 4.79 Å². The van der Waals surface area contributed by atoms with Gasteiger partial charge in [-0.25, -0.2) is 0 Å². The second kappa shape index (κ2) is 5.70. The largest absolute Gasteiger partial charge is 0.496 e. The molecular weight excluding hydrogens is 236 g/mol. The van der Waals surface area contributed by atoms with Crippen molar-refractivity contribution >= 4 is 5.78 Å². The summed E-state index contributed by atoms with van der Waals surface area (Å²) in [6, 6.07) is 13.6. The summed E-state index contributed by atoms with van der Waals surface area (Å²) < 4.78 is 5.23. The molecule has 0 atom stereocenters. The lowest BCUT2D eigenvalue weighted by atomic mass is 9.99. The zero-order chi connectivity index (χ0) is 13.8. The van der Waals surface area contributed by atoms with Gasteiger partial charge in [-0.05, 0) is 31.5 Å². The van der Waals surface area contributed by atoms with E-state index in [1.54, 1.807) is 7.11 Å². The first-order chi connectivity index (χ1) is 9.10. The number of carbonyl (C=O) groups excluding carboxylic acids is 1. The molecule has 2 aromatic carbocycles. The molecule has 2 nitrogen and oxygen atoms in total. The number of para-hydroxylation sites is 1. The van der Waals surface area contributed by atoms with E-state index in [0.29, 0.717) is 17.7 Å². The van der Waals surface area contributed by atoms with Crippen molar-refractivity contribution in [2.24, 2.45) is 0 Å². The van der Waals surface area contributed by atoms with E-state index in [2.05, 4.69) is 18.2 Å². The number of methoxy groups -OCH3 is 1. The molecule has 0 saturated carbocycles. The fourth-order valence-corrected chi connectivity index (χ4v) is 2.33. The molecular formula is C17H18O2. The van der Waals surface area contributed by atoms with Gasteiger partial charge in [-0.1, -0.05) is 41.5 Å². The first kappa shape index (κ1) is 13.3. The second-order valence-corrected chi connectivity index (χ2v) is 4.80. The summed E-state index contributed by atoms with van der Waals surface area (Å²) in [5.41, 5.74) is 4.06. The molecule has 0 aromatic heterocycles. The SMILES string of the molecule is COc1ccccc1C(=O)Cc1cc(C)cc(C)c1. The third-order valence-electron chi connectivity index (χ3n) is 3.05. The Bertz CT molecular complexity index is 580. The summed E-state index contributed by atoms with van der Waals surface area (Å²) in [5.74, 6) is 0.722. The maximum Gasteiger partial charge on any atom is 0.170 e. The Morgan fingerprint density at radius 2 is 1.68 bits per heavy atom. The Morgan fingerprint density at radius 1 is 1.05 bits per heavy atom. The highest BCUT2D eigenvalue weighted by Gasteiger charge is 2.12. The zero-order valence-electron chi connectivity index (χ0n) is 11.6. The third-order valence-corrected chi connectivity index (χ3v) is 3.05. The number of hydrogen-bond acceptors (Lipinski definition) is 2. The molecule has 19 heavy (non-hydrogen) atoms. The summed E-state index contributed by atoms with van der Waals surface area (Å²) in [6.45, 7) is 4.09. The number of carbonyl (C=O) groups is 1. The number of benzene rings is 2. The van der Waals surface area contributed by atoms with E-state index >= 15 is 0 Å². The van der Waals surface area contributed by atoms with Crippen LogP contribution in [0.15, 0.2) is 42.5 Å². The normalized spacial score (nSPS) is 10.3. The van der Waals surface area contributed by atoms with Gasteiger partial charge >= 0.3 is 0 Å². The number of rotatable bonds is 4. The minimum Gasteiger partial charge on any atom is -0.496 e. The summed E-state index contributed by atoms with van der Waals surface area (Å²) in [4.78, 5) is 12.3. The lowest BCUT2D eigenvalue weighted by Gasteiger charge is -2.08. The summed E-state index contributed by atoms with van der Waals surface area (Å²) in [5, 5.41) is 0. The number of hydrogen-bond donors (Lipinski definition) is 0. The minimum atomic E-state index is 0.0856. The molecule has 0 N–H and O–H groups in total. The molecule has 2 aromatic rings. The smallest absolute Gasteiger partial charge is 0.170 e. The van der Waals surface area contributed by atoms with E-state index in [4.69, 9.17) is 4.74 Å². The lowest BCUT2D eigenvalue weighted by molar-refractivity contribution is 0.0990. The van der Waals surface area contributed by atoms with Crippen molar-refractivity contribution in [3.05, 3.63) is 64.7 Å². The fraction of sp³-hybridized carbons (Fsp3) is 0.235. The van der Waals surface area contributed by atoms with Gasteiger partial charge in [0.05, 0.1) is 12.7 Å². The van der Waals surface area contributed by atoms with Crippen molar-refractivity contribution in [1.82, 2.24) is 0 Å². The average molecular weight is 254 g/mol. The van der Waals surface area contributed by atoms with Gasteiger partial charge in [0.15, 0.2) is 5.78 Å². The molecule has 0 aliphatic rings. The van der Waals surface area contributed by atoms with E-state index in [9.17, 15) is 4.79 Å². The summed E-state index contributed by atoms with van der Waals surface area (Å²) in [6.07, 6.45) is 0.406. The molecule has 0 aliphatic carbocycles. The quantitative estimate of drug-likeness (QED) is 0.777. The molecule has 0 heterocycles. The predicted molar refractivity (Wildman–Crippen MR) is 76.9 cm³/mol. The van der Waals surface area contributed by atoms with Crippen molar-refractivity contribution < 1.29 is 9.53 Å². The first-order valence-electron chi connectivity index (χ1n) is 6.33. The molecule has 0 aliphatic heterocycles. The standard InChI is InChI=1S/C17H18O2/c1-12-8-13(2)10-14(9-12)11-16(18)15-6-4-5-7-17(15)19-3/h4-10H,11H2,1-3H3. The molecule has 0 saturated heterocycles. The van der Waals surface area contributed by atoms with Gasteiger partial charge in [0.2, 0.25) is 0 Å². The van der Waals surface area contributed by atoms with E-state index < -0.39 is 0 Å². The van der Waals surface area contributed by atoms with Crippen LogP contribution in [0.5, 0.6) is 5.75 Å². The maximum atomic E-state index is 12.3. The van der Waals surface area contributed by atoms with Crippen LogP contribution in [-0.4, -0.2) is 12.9 Å². The number of ether oxygens (including phenoxy) is 1. The van der Waals surface area contributed by atoms with Crippen LogP contribution in [0.1, 0.15) is 27.0 Å². The molecule has 2 heteroatoms. The predicted octanol–water partition coefficient (Wildman–Crippen LogP) is 3.74. The van der Waals surface area contributed by atoms with Crippen LogP contribution >= 0.6 is 0 Å². The first-order valence-corrected chi connectivity index (χ1v) is 6.33. The maximum absolute atomic E-state index is 12.3. The van der Waals surface area contributed by atoms with Crippen molar-refractivity contribution in [2.75, 3.05) is 7.11 Å². The van der Waals surface area contributed by atoms with E-state index in [-0.39, 0.29) is 5.78 Å². The van der Waals surface area contributed by atoms with Gasteiger partial charge in [0.1, 0.15) is 5.75 Å². The molecule has 2 rings (SSSR count). The fourth-order valence-electron chi connectivity index (χ4n) is 2.33. The van der Waals surface area contributed by atoms with E-state index in [0.717, 1.165) is 5.56 Å². The molecule has 98 valence electrons. The lowest BCUT2D eigenvalue weighted by Crippen LogP contribution is -2.06. The van der Waals surface area contributed by atoms with Crippen LogP contribution in [0, 0.1) is 13.8 Å². The average Bonchev–Trinajstić information content (AvgIpc) is 2.37. The van der Waals surface area contributed by atoms with E-state index in [1.807, 2.05) is 38.1 Å². The van der Waals surface area contributed by atoms with Crippen molar-refractivity contribution in [1.29, 1.82) is 0 Å². The molecule has 0 unspecified atom stereocenters. The van der Waals surface area contributed by atoms with Gasteiger partial charge < -0.3 is 4.74 Å². The Balaban J connectivity index is 2.25. The zero-order valence-corrected chi connectivity index (χ0v) is 11.6. The highest BCUT2D eigenvalue weighted by molar-refractivity contribution is 6.00. The number of aryl methyl sites for hydroxylation is 2. The third kappa shape index (κ3) is 3.22. The van der Waals surface area contributed by atoms with Crippen LogP contribution in [0.3, 0.4) is 0 Å². The Morgan fingerprint density at radius 3 is 2.32 bits per heavy atom. The Labute approximate surface area is 114 Å². The Kier molecular flexibility index (Phi) is 4.00. The van der Waals surface area contributed by atoms with Crippen LogP contribution in [-0.2, 0) is 6.42 Å².